The number of nitrogens with zero attached hydrogens (tertiary/aromatic N) is 1. The van der Waals surface area contributed by atoms with Gasteiger partial charge in [-0.15, -0.1) is 12.4 Å². The molecule has 5 heteroatoms. The summed E-state index contributed by atoms with van der Waals surface area (Å²) in [6, 6.07) is 0. The molecule has 1 aliphatic carbocycles. The number of piperazine rings is 1. The standard InChI is InChI=1S/C11H21N3O.ClH/c1-11(2-3-11)10(15)13-6-9-14-7-4-12-5-8-14;/h12H,2-9H2,1H3,(H,13,15);1H. The molecule has 2 aliphatic rings. The van der Waals surface area contributed by atoms with Crippen LogP contribution < -0.4 is 10.6 Å². The molecule has 0 bridgehead atoms. The first-order chi connectivity index (χ1) is 7.21. The summed E-state index contributed by atoms with van der Waals surface area (Å²) in [6.07, 6.45) is 2.12. The minimum atomic E-state index is -0.0244. The fraction of sp³-hybridized carbons (Fsp3) is 0.909. The van der Waals surface area contributed by atoms with Gasteiger partial charge in [0.2, 0.25) is 5.91 Å². The molecule has 0 aromatic rings. The Hall–Kier alpha value is -0.320. The van der Waals surface area contributed by atoms with Crippen molar-refractivity contribution < 1.29 is 4.79 Å². The molecule has 16 heavy (non-hydrogen) atoms. The number of carbonyl (C=O) groups excluding carboxylic acids is 1. The van der Waals surface area contributed by atoms with Crippen LogP contribution in [-0.2, 0) is 4.79 Å². The first kappa shape index (κ1) is 13.7. The molecule has 2 rings (SSSR count). The molecule has 1 saturated heterocycles. The molecule has 0 spiro atoms. The SMILES string of the molecule is CC1(C(=O)NCCN2CCNCC2)CC1.Cl. The Bertz CT molecular complexity index is 237. The maximum atomic E-state index is 11.6. The third-order valence-corrected chi connectivity index (χ3v) is 3.47. The van der Waals surface area contributed by atoms with Gasteiger partial charge in [0.15, 0.2) is 0 Å². The summed E-state index contributed by atoms with van der Waals surface area (Å²) in [7, 11) is 0. The molecule has 0 aromatic heterocycles. The molecule has 94 valence electrons. The van der Waals surface area contributed by atoms with Crippen LogP contribution in [0.5, 0.6) is 0 Å². The Labute approximate surface area is 104 Å². The van der Waals surface area contributed by atoms with Crippen LogP contribution in [0.2, 0.25) is 0 Å². The van der Waals surface area contributed by atoms with Crippen molar-refractivity contribution in [1.29, 1.82) is 0 Å². The van der Waals surface area contributed by atoms with Gasteiger partial charge in [0.25, 0.3) is 0 Å². The largest absolute Gasteiger partial charge is 0.354 e. The topological polar surface area (TPSA) is 44.4 Å². The Kier molecular flexibility index (Phi) is 5.02. The van der Waals surface area contributed by atoms with E-state index in [0.717, 1.165) is 52.1 Å². The van der Waals surface area contributed by atoms with Crippen LogP contribution in [0.15, 0.2) is 0 Å². The number of amides is 1. The summed E-state index contributed by atoms with van der Waals surface area (Å²) in [4.78, 5) is 14.0. The van der Waals surface area contributed by atoms with Gasteiger partial charge in [0.1, 0.15) is 0 Å². The molecular weight excluding hydrogens is 226 g/mol. The number of carbonyl (C=O) groups is 1. The van der Waals surface area contributed by atoms with E-state index in [2.05, 4.69) is 15.5 Å². The van der Waals surface area contributed by atoms with Crippen molar-refractivity contribution in [3.63, 3.8) is 0 Å². The molecular formula is C11H22ClN3O. The smallest absolute Gasteiger partial charge is 0.225 e. The number of rotatable bonds is 4. The third-order valence-electron chi connectivity index (χ3n) is 3.47. The van der Waals surface area contributed by atoms with Crippen molar-refractivity contribution in [2.24, 2.45) is 5.41 Å². The van der Waals surface area contributed by atoms with Crippen molar-refractivity contribution in [2.75, 3.05) is 39.3 Å². The van der Waals surface area contributed by atoms with Crippen molar-refractivity contribution in [1.82, 2.24) is 15.5 Å². The highest BCUT2D eigenvalue weighted by molar-refractivity contribution is 5.85. The van der Waals surface area contributed by atoms with E-state index >= 15 is 0 Å². The first-order valence-electron chi connectivity index (χ1n) is 5.92. The first-order valence-corrected chi connectivity index (χ1v) is 5.92. The number of halogens is 1. The molecule has 1 aliphatic heterocycles. The molecule has 2 fully saturated rings. The van der Waals surface area contributed by atoms with Crippen molar-refractivity contribution in [3.05, 3.63) is 0 Å². The highest BCUT2D eigenvalue weighted by Gasteiger charge is 2.44. The summed E-state index contributed by atoms with van der Waals surface area (Å²) in [6.45, 7) is 8.20. The zero-order valence-electron chi connectivity index (χ0n) is 9.92. The lowest BCUT2D eigenvalue weighted by Crippen LogP contribution is -2.46. The van der Waals surface area contributed by atoms with Crippen LogP contribution in [-0.4, -0.2) is 50.1 Å². The average molecular weight is 248 g/mol. The van der Waals surface area contributed by atoms with Crippen molar-refractivity contribution >= 4 is 18.3 Å². The molecule has 0 aromatic carbocycles. The van der Waals surface area contributed by atoms with Crippen LogP contribution in [0.25, 0.3) is 0 Å². The van der Waals surface area contributed by atoms with Crippen LogP contribution in [0.1, 0.15) is 19.8 Å². The van der Waals surface area contributed by atoms with Crippen LogP contribution in [0, 0.1) is 5.41 Å². The normalized spacial score (nSPS) is 23.3. The highest BCUT2D eigenvalue weighted by Crippen LogP contribution is 2.44. The van der Waals surface area contributed by atoms with E-state index in [1.165, 1.54) is 0 Å². The molecule has 1 heterocycles. The summed E-state index contributed by atoms with van der Waals surface area (Å²) in [5.74, 6) is 0.248. The maximum Gasteiger partial charge on any atom is 0.225 e. The summed E-state index contributed by atoms with van der Waals surface area (Å²) in [5, 5.41) is 6.35. The van der Waals surface area contributed by atoms with E-state index in [4.69, 9.17) is 0 Å². The van der Waals surface area contributed by atoms with Crippen LogP contribution in [0.3, 0.4) is 0 Å². The lowest BCUT2D eigenvalue weighted by molar-refractivity contribution is -0.125. The maximum absolute atomic E-state index is 11.6. The second kappa shape index (κ2) is 5.84. The predicted molar refractivity (Wildman–Crippen MR) is 66.9 cm³/mol. The molecule has 2 N–H and O–H groups in total. The molecule has 0 atom stereocenters. The molecule has 4 nitrogen and oxygen atoms in total. The number of hydrogen-bond donors (Lipinski definition) is 2. The van der Waals surface area contributed by atoms with Crippen molar-refractivity contribution in [2.45, 2.75) is 19.8 Å². The van der Waals surface area contributed by atoms with Gasteiger partial charge < -0.3 is 10.6 Å². The predicted octanol–water partition coefficient (Wildman–Crippen LogP) is 0.230. The van der Waals surface area contributed by atoms with E-state index in [0.29, 0.717) is 0 Å². The fourth-order valence-electron chi connectivity index (χ4n) is 1.89. The van der Waals surface area contributed by atoms with Gasteiger partial charge in [0.05, 0.1) is 0 Å². The van der Waals surface area contributed by atoms with Gasteiger partial charge in [-0.05, 0) is 12.8 Å². The van der Waals surface area contributed by atoms with Gasteiger partial charge in [-0.25, -0.2) is 0 Å². The van der Waals surface area contributed by atoms with Crippen LogP contribution in [0.4, 0.5) is 0 Å². The van der Waals surface area contributed by atoms with E-state index in [9.17, 15) is 4.79 Å². The average Bonchev–Trinajstić information content (AvgIpc) is 2.99. The summed E-state index contributed by atoms with van der Waals surface area (Å²) >= 11 is 0. The van der Waals surface area contributed by atoms with E-state index in [-0.39, 0.29) is 23.7 Å². The second-order valence-corrected chi connectivity index (χ2v) is 4.91. The molecule has 0 radical (unpaired) electrons. The van der Waals surface area contributed by atoms with Gasteiger partial charge >= 0.3 is 0 Å². The zero-order chi connectivity index (χ0) is 10.7. The minimum absolute atomic E-state index is 0. The molecule has 1 amide bonds. The quantitative estimate of drug-likeness (QED) is 0.748. The lowest BCUT2D eigenvalue weighted by atomic mass is 10.1. The van der Waals surface area contributed by atoms with Gasteiger partial charge in [0, 0.05) is 44.7 Å². The van der Waals surface area contributed by atoms with E-state index in [1.807, 2.05) is 6.92 Å². The Morgan fingerprint density at radius 3 is 2.56 bits per heavy atom. The number of nitrogens with one attached hydrogen (secondary N) is 2. The zero-order valence-corrected chi connectivity index (χ0v) is 10.7. The molecule has 1 saturated carbocycles. The lowest BCUT2D eigenvalue weighted by Gasteiger charge is -2.27. The minimum Gasteiger partial charge on any atom is -0.354 e. The van der Waals surface area contributed by atoms with E-state index < -0.39 is 0 Å². The van der Waals surface area contributed by atoms with Gasteiger partial charge in [-0.2, -0.15) is 0 Å². The Balaban J connectivity index is 0.00000128. The van der Waals surface area contributed by atoms with Crippen molar-refractivity contribution in [3.8, 4) is 0 Å². The highest BCUT2D eigenvalue weighted by atomic mass is 35.5. The van der Waals surface area contributed by atoms with Crippen LogP contribution >= 0.6 is 12.4 Å². The fourth-order valence-corrected chi connectivity index (χ4v) is 1.89. The third kappa shape index (κ3) is 3.61. The Morgan fingerprint density at radius 2 is 2.00 bits per heavy atom. The van der Waals surface area contributed by atoms with Gasteiger partial charge in [-0.1, -0.05) is 6.92 Å². The van der Waals surface area contributed by atoms with Gasteiger partial charge in [-0.3, -0.25) is 9.69 Å². The molecule has 0 unspecified atom stereocenters. The second-order valence-electron chi connectivity index (χ2n) is 4.91. The summed E-state index contributed by atoms with van der Waals surface area (Å²) in [5.41, 5.74) is -0.0244. The monoisotopic (exact) mass is 247 g/mol. The van der Waals surface area contributed by atoms with E-state index in [1.54, 1.807) is 0 Å². The summed E-state index contributed by atoms with van der Waals surface area (Å²) < 4.78 is 0. The Morgan fingerprint density at radius 1 is 1.38 bits per heavy atom. The number of hydrogen-bond acceptors (Lipinski definition) is 3.